The standard InChI is InChI=1S/C21H25F4N3O2.HI/c1-2-26-20(28-12-19(29)17-7-9-18(22)10-8-17)27-11-15-3-5-16(6-4-15)13-30-14-21(23,24)25;/h3-10,19,29H,2,11-14H2,1H3,(H2,26,27,28);1H. The average Bonchev–Trinajstić information content (AvgIpc) is 2.70. The Balaban J connectivity index is 0.00000480. The van der Waals surface area contributed by atoms with Crippen LogP contribution in [0.3, 0.4) is 0 Å². The monoisotopic (exact) mass is 555 g/mol. The van der Waals surface area contributed by atoms with Gasteiger partial charge in [-0.15, -0.1) is 24.0 Å². The molecule has 0 heterocycles. The Morgan fingerprint density at radius 2 is 1.65 bits per heavy atom. The van der Waals surface area contributed by atoms with Gasteiger partial charge in [0.1, 0.15) is 12.4 Å². The number of halogens is 5. The minimum absolute atomic E-state index is 0. The lowest BCUT2D eigenvalue weighted by atomic mass is 10.1. The van der Waals surface area contributed by atoms with E-state index in [0.29, 0.717) is 30.2 Å². The molecule has 10 heteroatoms. The van der Waals surface area contributed by atoms with E-state index in [1.165, 1.54) is 24.3 Å². The molecule has 0 saturated heterocycles. The van der Waals surface area contributed by atoms with Crippen LogP contribution >= 0.6 is 24.0 Å². The fourth-order valence-corrected chi connectivity index (χ4v) is 2.53. The third-order valence-corrected chi connectivity index (χ3v) is 4.04. The molecule has 5 nitrogen and oxygen atoms in total. The van der Waals surface area contributed by atoms with Crippen molar-refractivity contribution in [3.8, 4) is 0 Å². The number of aliphatic imine (C=N–C) groups is 1. The van der Waals surface area contributed by atoms with Crippen molar-refractivity contribution in [1.82, 2.24) is 10.6 Å². The minimum Gasteiger partial charge on any atom is -0.387 e. The Morgan fingerprint density at radius 3 is 2.23 bits per heavy atom. The summed E-state index contributed by atoms with van der Waals surface area (Å²) in [5, 5.41) is 16.3. The Morgan fingerprint density at radius 1 is 1.03 bits per heavy atom. The first kappa shape index (κ1) is 27.1. The topological polar surface area (TPSA) is 65.9 Å². The molecule has 1 unspecified atom stereocenters. The highest BCUT2D eigenvalue weighted by atomic mass is 127. The van der Waals surface area contributed by atoms with Gasteiger partial charge in [0, 0.05) is 13.1 Å². The molecule has 1 atom stereocenters. The summed E-state index contributed by atoms with van der Waals surface area (Å²) in [5.74, 6) is 0.128. The fourth-order valence-electron chi connectivity index (χ4n) is 2.53. The summed E-state index contributed by atoms with van der Waals surface area (Å²) in [5.41, 5.74) is 2.09. The van der Waals surface area contributed by atoms with E-state index >= 15 is 0 Å². The Kier molecular flexibility index (Phi) is 11.8. The highest BCUT2D eigenvalue weighted by Gasteiger charge is 2.27. The molecule has 0 aliphatic heterocycles. The predicted octanol–water partition coefficient (Wildman–Crippen LogP) is 4.31. The smallest absolute Gasteiger partial charge is 0.387 e. The molecule has 0 bridgehead atoms. The van der Waals surface area contributed by atoms with Crippen LogP contribution in [0, 0.1) is 5.82 Å². The maximum absolute atomic E-state index is 13.0. The largest absolute Gasteiger partial charge is 0.411 e. The maximum atomic E-state index is 13.0. The quantitative estimate of drug-likeness (QED) is 0.187. The SMILES string of the molecule is CCNC(=NCc1ccc(COCC(F)(F)F)cc1)NCC(O)c1ccc(F)cc1.I. The molecule has 0 saturated carbocycles. The summed E-state index contributed by atoms with van der Waals surface area (Å²) in [6, 6.07) is 12.5. The van der Waals surface area contributed by atoms with Crippen LogP contribution in [-0.4, -0.2) is 36.9 Å². The maximum Gasteiger partial charge on any atom is 0.411 e. The molecular formula is C21H26F4IN3O2. The molecule has 3 N–H and O–H groups in total. The fraction of sp³-hybridized carbons (Fsp3) is 0.381. The second-order valence-electron chi connectivity index (χ2n) is 6.57. The third kappa shape index (κ3) is 10.8. The second kappa shape index (κ2) is 13.5. The molecule has 31 heavy (non-hydrogen) atoms. The van der Waals surface area contributed by atoms with Crippen molar-refractivity contribution < 1.29 is 27.4 Å². The number of rotatable bonds is 9. The van der Waals surface area contributed by atoms with Gasteiger partial charge in [0.25, 0.3) is 0 Å². The summed E-state index contributed by atoms with van der Waals surface area (Å²) >= 11 is 0. The zero-order chi connectivity index (χ0) is 22.0. The molecule has 0 radical (unpaired) electrons. The minimum atomic E-state index is -4.34. The van der Waals surface area contributed by atoms with Crippen molar-refractivity contribution >= 4 is 29.9 Å². The van der Waals surface area contributed by atoms with Gasteiger partial charge >= 0.3 is 6.18 Å². The summed E-state index contributed by atoms with van der Waals surface area (Å²) in [7, 11) is 0. The van der Waals surface area contributed by atoms with Crippen molar-refractivity contribution in [2.45, 2.75) is 32.4 Å². The number of benzene rings is 2. The molecule has 2 aromatic rings. The van der Waals surface area contributed by atoms with Crippen molar-refractivity contribution in [2.75, 3.05) is 19.7 Å². The van der Waals surface area contributed by atoms with Crippen molar-refractivity contribution in [2.24, 2.45) is 4.99 Å². The van der Waals surface area contributed by atoms with Gasteiger partial charge in [-0.2, -0.15) is 13.2 Å². The van der Waals surface area contributed by atoms with Crippen LogP contribution in [0.2, 0.25) is 0 Å². The van der Waals surface area contributed by atoms with Crippen LogP contribution in [0.5, 0.6) is 0 Å². The molecular weight excluding hydrogens is 529 g/mol. The zero-order valence-corrected chi connectivity index (χ0v) is 19.3. The highest BCUT2D eigenvalue weighted by Crippen LogP contribution is 2.16. The lowest BCUT2D eigenvalue weighted by Gasteiger charge is -2.15. The van der Waals surface area contributed by atoms with Crippen LogP contribution in [-0.2, 0) is 17.9 Å². The molecule has 172 valence electrons. The molecule has 0 fully saturated rings. The molecule has 0 amide bonds. The molecule has 0 spiro atoms. The van der Waals surface area contributed by atoms with E-state index in [0.717, 1.165) is 5.56 Å². The number of guanidine groups is 1. The van der Waals surface area contributed by atoms with Gasteiger partial charge in [-0.25, -0.2) is 9.38 Å². The number of nitrogens with zero attached hydrogens (tertiary/aromatic N) is 1. The van der Waals surface area contributed by atoms with E-state index in [9.17, 15) is 22.7 Å². The van der Waals surface area contributed by atoms with E-state index in [2.05, 4.69) is 20.4 Å². The Bertz CT molecular complexity index is 800. The van der Waals surface area contributed by atoms with E-state index in [1.807, 2.05) is 6.92 Å². The summed E-state index contributed by atoms with van der Waals surface area (Å²) in [6.07, 6.45) is -5.17. The number of ether oxygens (including phenoxy) is 1. The molecule has 0 aliphatic rings. The van der Waals surface area contributed by atoms with Gasteiger partial charge < -0.3 is 20.5 Å². The highest BCUT2D eigenvalue weighted by molar-refractivity contribution is 14.0. The zero-order valence-electron chi connectivity index (χ0n) is 17.0. The van der Waals surface area contributed by atoms with Crippen LogP contribution in [0.15, 0.2) is 53.5 Å². The summed E-state index contributed by atoms with van der Waals surface area (Å²) in [4.78, 5) is 4.43. The Labute approximate surface area is 195 Å². The van der Waals surface area contributed by atoms with E-state index < -0.39 is 18.9 Å². The molecule has 0 aromatic heterocycles. The van der Waals surface area contributed by atoms with Crippen LogP contribution < -0.4 is 10.6 Å². The third-order valence-electron chi connectivity index (χ3n) is 4.04. The van der Waals surface area contributed by atoms with Gasteiger partial charge in [-0.3, -0.25) is 0 Å². The number of nitrogens with one attached hydrogen (secondary N) is 2. The van der Waals surface area contributed by atoms with Crippen LogP contribution in [0.4, 0.5) is 17.6 Å². The van der Waals surface area contributed by atoms with Crippen molar-refractivity contribution in [1.29, 1.82) is 0 Å². The van der Waals surface area contributed by atoms with Crippen molar-refractivity contribution in [3.05, 3.63) is 71.0 Å². The molecule has 0 aliphatic carbocycles. The van der Waals surface area contributed by atoms with Crippen LogP contribution in [0.25, 0.3) is 0 Å². The van der Waals surface area contributed by atoms with Crippen LogP contribution in [0.1, 0.15) is 29.7 Å². The van der Waals surface area contributed by atoms with Gasteiger partial charge in [0.05, 0.1) is 19.3 Å². The van der Waals surface area contributed by atoms with E-state index in [-0.39, 0.29) is 42.9 Å². The first-order valence-electron chi connectivity index (χ1n) is 9.45. The van der Waals surface area contributed by atoms with Gasteiger partial charge in [0.2, 0.25) is 0 Å². The number of aliphatic hydroxyl groups excluding tert-OH is 1. The van der Waals surface area contributed by atoms with Gasteiger partial charge in [0.15, 0.2) is 5.96 Å². The first-order chi connectivity index (χ1) is 14.3. The van der Waals surface area contributed by atoms with Gasteiger partial charge in [-0.1, -0.05) is 36.4 Å². The van der Waals surface area contributed by atoms with Crippen molar-refractivity contribution in [3.63, 3.8) is 0 Å². The first-order valence-corrected chi connectivity index (χ1v) is 9.45. The lowest BCUT2D eigenvalue weighted by Crippen LogP contribution is -2.39. The Hall–Kier alpha value is -1.92. The average molecular weight is 555 g/mol. The number of hydrogen-bond donors (Lipinski definition) is 3. The normalized spacial score (nSPS) is 12.8. The molecule has 2 aromatic carbocycles. The lowest BCUT2D eigenvalue weighted by molar-refractivity contribution is -0.176. The van der Waals surface area contributed by atoms with E-state index in [4.69, 9.17) is 0 Å². The predicted molar refractivity (Wildman–Crippen MR) is 122 cm³/mol. The van der Waals surface area contributed by atoms with Gasteiger partial charge in [-0.05, 0) is 35.7 Å². The van der Waals surface area contributed by atoms with E-state index in [1.54, 1.807) is 24.3 Å². The number of aliphatic hydroxyl groups is 1. The second-order valence-corrected chi connectivity index (χ2v) is 6.57. The number of hydrogen-bond acceptors (Lipinski definition) is 3. The summed E-state index contributed by atoms with van der Waals surface area (Å²) < 4.78 is 53.9. The number of alkyl halides is 3. The summed E-state index contributed by atoms with van der Waals surface area (Å²) in [6.45, 7) is 1.66. The molecule has 2 rings (SSSR count).